The van der Waals surface area contributed by atoms with E-state index in [9.17, 15) is 4.79 Å². The molecule has 0 aromatic carbocycles. The number of likely N-dealkylation sites (N-methyl/N-ethyl adjacent to an activating group) is 1. The number of halogens is 2. The zero-order valence-electron chi connectivity index (χ0n) is 14.0. The standard InChI is InChI=1S/C15H22N6O.2ClH/c1-16-14(13-7-18-20(3)9-13)15(22)21-5-4-11(10-21)12-6-17-19(2)8-12;;/h6-9,11,14,16H,4-5,10H2,1-3H3;2*1H. The summed E-state index contributed by atoms with van der Waals surface area (Å²) in [5.41, 5.74) is 2.11. The van der Waals surface area contributed by atoms with Crippen molar-refractivity contribution in [1.82, 2.24) is 29.8 Å². The molecule has 2 atom stereocenters. The van der Waals surface area contributed by atoms with Gasteiger partial charge in [-0.05, 0) is 19.0 Å². The van der Waals surface area contributed by atoms with E-state index in [0.29, 0.717) is 5.92 Å². The van der Waals surface area contributed by atoms with Crippen molar-refractivity contribution in [2.24, 2.45) is 14.1 Å². The van der Waals surface area contributed by atoms with Crippen LogP contribution in [0, 0.1) is 0 Å². The molecule has 0 bridgehead atoms. The fourth-order valence-corrected chi connectivity index (χ4v) is 3.09. The molecule has 0 aliphatic carbocycles. The Bertz CT molecular complexity index is 670. The van der Waals surface area contributed by atoms with Crippen molar-refractivity contribution in [3.05, 3.63) is 35.9 Å². The summed E-state index contributed by atoms with van der Waals surface area (Å²) in [6, 6.07) is -0.332. The van der Waals surface area contributed by atoms with E-state index in [2.05, 4.69) is 15.5 Å². The summed E-state index contributed by atoms with van der Waals surface area (Å²) in [5, 5.41) is 11.5. The van der Waals surface area contributed by atoms with E-state index in [4.69, 9.17) is 0 Å². The molecule has 1 aliphatic heterocycles. The van der Waals surface area contributed by atoms with E-state index < -0.39 is 0 Å². The number of aryl methyl sites for hydroxylation is 2. The average Bonchev–Trinajstić information content (AvgIpc) is 3.20. The van der Waals surface area contributed by atoms with Crippen LogP contribution in [0.3, 0.4) is 0 Å². The van der Waals surface area contributed by atoms with Gasteiger partial charge in [-0.1, -0.05) is 0 Å². The molecule has 2 aromatic rings. The Balaban J connectivity index is 0.00000144. The highest BCUT2D eigenvalue weighted by Crippen LogP contribution is 2.28. The molecule has 0 radical (unpaired) electrons. The third-order valence-corrected chi connectivity index (χ3v) is 4.29. The molecule has 1 saturated heterocycles. The number of hydrogen-bond donors (Lipinski definition) is 1. The molecule has 1 amide bonds. The van der Waals surface area contributed by atoms with Gasteiger partial charge in [-0.15, -0.1) is 24.8 Å². The second-order valence-electron chi connectivity index (χ2n) is 5.89. The largest absolute Gasteiger partial charge is 0.340 e. The van der Waals surface area contributed by atoms with Crippen molar-refractivity contribution >= 4 is 30.7 Å². The van der Waals surface area contributed by atoms with Crippen LogP contribution in [0.25, 0.3) is 0 Å². The zero-order valence-corrected chi connectivity index (χ0v) is 15.7. The van der Waals surface area contributed by atoms with Gasteiger partial charge >= 0.3 is 0 Å². The summed E-state index contributed by atoms with van der Waals surface area (Å²) in [6.07, 6.45) is 8.55. The molecule has 2 unspecified atom stereocenters. The van der Waals surface area contributed by atoms with Crippen molar-refractivity contribution in [3.8, 4) is 0 Å². The van der Waals surface area contributed by atoms with E-state index >= 15 is 0 Å². The van der Waals surface area contributed by atoms with Crippen LogP contribution in [0.5, 0.6) is 0 Å². The van der Waals surface area contributed by atoms with Crippen molar-refractivity contribution in [2.45, 2.75) is 18.4 Å². The molecule has 1 fully saturated rings. The molecule has 1 N–H and O–H groups in total. The van der Waals surface area contributed by atoms with E-state index in [1.54, 1.807) is 10.9 Å². The molecular weight excluding hydrogens is 351 g/mol. The second kappa shape index (κ2) is 8.50. The molecule has 24 heavy (non-hydrogen) atoms. The van der Waals surface area contributed by atoms with E-state index in [1.165, 1.54) is 5.56 Å². The minimum absolute atomic E-state index is 0. The van der Waals surface area contributed by atoms with E-state index in [-0.39, 0.29) is 36.8 Å². The second-order valence-corrected chi connectivity index (χ2v) is 5.89. The van der Waals surface area contributed by atoms with Gasteiger partial charge in [0.1, 0.15) is 6.04 Å². The van der Waals surface area contributed by atoms with Gasteiger partial charge in [0.05, 0.1) is 12.4 Å². The molecule has 134 valence electrons. The quantitative estimate of drug-likeness (QED) is 0.874. The van der Waals surface area contributed by atoms with Gasteiger partial charge in [-0.3, -0.25) is 14.2 Å². The van der Waals surface area contributed by atoms with E-state index in [0.717, 1.165) is 25.1 Å². The van der Waals surface area contributed by atoms with Crippen molar-refractivity contribution < 1.29 is 4.79 Å². The third kappa shape index (κ3) is 4.09. The number of likely N-dealkylation sites (tertiary alicyclic amines) is 1. The number of nitrogens with one attached hydrogen (secondary N) is 1. The third-order valence-electron chi connectivity index (χ3n) is 4.29. The zero-order chi connectivity index (χ0) is 15.7. The predicted octanol–water partition coefficient (Wildman–Crippen LogP) is 1.27. The molecule has 3 rings (SSSR count). The summed E-state index contributed by atoms with van der Waals surface area (Å²) in [5.74, 6) is 0.492. The molecule has 1 aliphatic rings. The van der Waals surface area contributed by atoms with Gasteiger partial charge in [0.2, 0.25) is 5.91 Å². The van der Waals surface area contributed by atoms with Crippen LogP contribution in [0.15, 0.2) is 24.8 Å². The fraction of sp³-hybridized carbons (Fsp3) is 0.533. The molecule has 2 aromatic heterocycles. The Morgan fingerprint density at radius 1 is 1.21 bits per heavy atom. The Kier molecular flexibility index (Phi) is 7.26. The maximum absolute atomic E-state index is 12.8. The van der Waals surface area contributed by atoms with Gasteiger partial charge in [0, 0.05) is 51.1 Å². The lowest BCUT2D eigenvalue weighted by Crippen LogP contribution is -2.38. The lowest BCUT2D eigenvalue weighted by molar-refractivity contribution is -0.132. The highest BCUT2D eigenvalue weighted by molar-refractivity contribution is 5.85. The number of carbonyl (C=O) groups is 1. The van der Waals surface area contributed by atoms with Crippen LogP contribution < -0.4 is 5.32 Å². The fourth-order valence-electron chi connectivity index (χ4n) is 3.09. The molecule has 0 saturated carbocycles. The highest BCUT2D eigenvalue weighted by Gasteiger charge is 2.32. The Morgan fingerprint density at radius 2 is 1.88 bits per heavy atom. The maximum atomic E-state index is 12.8. The monoisotopic (exact) mass is 374 g/mol. The van der Waals surface area contributed by atoms with Crippen molar-refractivity contribution in [2.75, 3.05) is 20.1 Å². The number of carbonyl (C=O) groups excluding carboxylic acids is 1. The lowest BCUT2D eigenvalue weighted by Gasteiger charge is -2.22. The highest BCUT2D eigenvalue weighted by atomic mass is 35.5. The summed E-state index contributed by atoms with van der Waals surface area (Å²) >= 11 is 0. The van der Waals surface area contributed by atoms with Crippen LogP contribution in [-0.4, -0.2) is 50.5 Å². The predicted molar refractivity (Wildman–Crippen MR) is 96.7 cm³/mol. The first-order valence-electron chi connectivity index (χ1n) is 7.51. The summed E-state index contributed by atoms with van der Waals surface area (Å²) in [6.45, 7) is 1.54. The lowest BCUT2D eigenvalue weighted by atomic mass is 10.0. The van der Waals surface area contributed by atoms with Crippen LogP contribution in [0.4, 0.5) is 0 Å². The van der Waals surface area contributed by atoms with Crippen LogP contribution in [0.1, 0.15) is 29.5 Å². The molecule has 3 heterocycles. The van der Waals surface area contributed by atoms with Crippen LogP contribution in [-0.2, 0) is 18.9 Å². The smallest absolute Gasteiger partial charge is 0.244 e. The normalized spacial score (nSPS) is 18.0. The molecule has 0 spiro atoms. The number of rotatable bonds is 4. The number of hydrogen-bond acceptors (Lipinski definition) is 4. The number of aromatic nitrogens is 4. The minimum atomic E-state index is -0.332. The van der Waals surface area contributed by atoms with Gasteiger partial charge < -0.3 is 10.2 Å². The number of nitrogens with zero attached hydrogens (tertiary/aromatic N) is 5. The Morgan fingerprint density at radius 3 is 2.42 bits per heavy atom. The van der Waals surface area contributed by atoms with Gasteiger partial charge in [-0.25, -0.2) is 0 Å². The van der Waals surface area contributed by atoms with Gasteiger partial charge in [-0.2, -0.15) is 10.2 Å². The Labute approximate surface area is 154 Å². The summed E-state index contributed by atoms with van der Waals surface area (Å²) in [7, 11) is 5.58. The molecular formula is C15H24Cl2N6O. The first kappa shape index (κ1) is 20.5. The topological polar surface area (TPSA) is 68.0 Å². The van der Waals surface area contributed by atoms with Gasteiger partial charge in [0.25, 0.3) is 0 Å². The van der Waals surface area contributed by atoms with Crippen LogP contribution >= 0.6 is 24.8 Å². The first-order valence-corrected chi connectivity index (χ1v) is 7.51. The Hall–Kier alpha value is -1.57. The SMILES string of the molecule is CNC(C(=O)N1CCC(c2cnn(C)c2)C1)c1cnn(C)c1.Cl.Cl. The summed E-state index contributed by atoms with van der Waals surface area (Å²) in [4.78, 5) is 14.7. The average molecular weight is 375 g/mol. The van der Waals surface area contributed by atoms with Crippen molar-refractivity contribution in [1.29, 1.82) is 0 Å². The number of amides is 1. The maximum Gasteiger partial charge on any atom is 0.244 e. The van der Waals surface area contributed by atoms with Crippen LogP contribution in [0.2, 0.25) is 0 Å². The summed E-state index contributed by atoms with van der Waals surface area (Å²) < 4.78 is 3.53. The van der Waals surface area contributed by atoms with E-state index in [1.807, 2.05) is 49.3 Å². The minimum Gasteiger partial charge on any atom is -0.340 e. The molecule has 7 nitrogen and oxygen atoms in total. The molecule has 9 heteroatoms. The van der Waals surface area contributed by atoms with Crippen molar-refractivity contribution in [3.63, 3.8) is 0 Å². The first-order chi connectivity index (χ1) is 10.6. The van der Waals surface area contributed by atoms with Gasteiger partial charge in [0.15, 0.2) is 0 Å².